The first-order valence-electron chi connectivity index (χ1n) is 8.49. The SMILES string of the molecule is CN=C(NCCc1ccc(Cl)cc1)N1CCC(COCCOC)C1. The summed E-state index contributed by atoms with van der Waals surface area (Å²) in [6, 6.07) is 7.99. The summed E-state index contributed by atoms with van der Waals surface area (Å²) in [5, 5.41) is 4.23. The fourth-order valence-corrected chi connectivity index (χ4v) is 2.98. The maximum Gasteiger partial charge on any atom is 0.193 e. The van der Waals surface area contributed by atoms with Crippen molar-refractivity contribution in [3.05, 3.63) is 34.9 Å². The number of hydrogen-bond acceptors (Lipinski definition) is 3. The van der Waals surface area contributed by atoms with E-state index in [-0.39, 0.29) is 0 Å². The van der Waals surface area contributed by atoms with Gasteiger partial charge in [0.25, 0.3) is 0 Å². The predicted octanol–water partition coefficient (Wildman–Crippen LogP) is 2.44. The molecule has 1 unspecified atom stereocenters. The second-order valence-electron chi connectivity index (χ2n) is 6.02. The first-order chi connectivity index (χ1) is 11.7. The number of guanidine groups is 1. The van der Waals surface area contributed by atoms with Crippen LogP contribution in [0.1, 0.15) is 12.0 Å². The van der Waals surface area contributed by atoms with Crippen molar-refractivity contribution in [3.63, 3.8) is 0 Å². The van der Waals surface area contributed by atoms with Gasteiger partial charge in [0.1, 0.15) is 0 Å². The lowest BCUT2D eigenvalue weighted by Crippen LogP contribution is -2.41. The minimum absolute atomic E-state index is 0.566. The second kappa shape index (κ2) is 10.5. The summed E-state index contributed by atoms with van der Waals surface area (Å²) in [5.74, 6) is 1.54. The molecule has 1 aromatic rings. The van der Waals surface area contributed by atoms with Crippen LogP contribution in [0.15, 0.2) is 29.3 Å². The van der Waals surface area contributed by atoms with Crippen molar-refractivity contribution in [1.82, 2.24) is 10.2 Å². The van der Waals surface area contributed by atoms with Crippen molar-refractivity contribution in [1.29, 1.82) is 0 Å². The molecule has 0 spiro atoms. The molecule has 1 N–H and O–H groups in total. The summed E-state index contributed by atoms with van der Waals surface area (Å²) in [5.41, 5.74) is 1.27. The molecule has 134 valence electrons. The minimum Gasteiger partial charge on any atom is -0.382 e. The molecule has 1 aliphatic heterocycles. The average molecular weight is 354 g/mol. The van der Waals surface area contributed by atoms with E-state index in [0.717, 1.165) is 50.1 Å². The zero-order chi connectivity index (χ0) is 17.2. The molecule has 6 heteroatoms. The number of likely N-dealkylation sites (tertiary alicyclic amines) is 1. The maximum atomic E-state index is 5.91. The van der Waals surface area contributed by atoms with Crippen LogP contribution in [0.25, 0.3) is 0 Å². The fraction of sp³-hybridized carbons (Fsp3) is 0.611. The summed E-state index contributed by atoms with van der Waals surface area (Å²) in [4.78, 5) is 6.72. The number of nitrogens with zero attached hydrogens (tertiary/aromatic N) is 2. The number of halogens is 1. The van der Waals surface area contributed by atoms with Crippen LogP contribution in [0.4, 0.5) is 0 Å². The number of methoxy groups -OCH3 is 1. The van der Waals surface area contributed by atoms with Gasteiger partial charge in [-0.15, -0.1) is 0 Å². The van der Waals surface area contributed by atoms with Crippen LogP contribution in [-0.2, 0) is 15.9 Å². The number of hydrogen-bond donors (Lipinski definition) is 1. The maximum absolute atomic E-state index is 5.91. The molecule has 1 aromatic carbocycles. The largest absolute Gasteiger partial charge is 0.382 e. The third kappa shape index (κ3) is 6.30. The lowest BCUT2D eigenvalue weighted by molar-refractivity contribution is 0.0536. The summed E-state index contributed by atoms with van der Waals surface area (Å²) in [6.45, 7) is 5.00. The second-order valence-corrected chi connectivity index (χ2v) is 6.46. The minimum atomic E-state index is 0.566. The Morgan fingerprint density at radius 1 is 1.33 bits per heavy atom. The molecule has 1 fully saturated rings. The first-order valence-corrected chi connectivity index (χ1v) is 8.87. The van der Waals surface area contributed by atoms with E-state index < -0.39 is 0 Å². The lowest BCUT2D eigenvalue weighted by atomic mass is 10.1. The Kier molecular flexibility index (Phi) is 8.36. The van der Waals surface area contributed by atoms with E-state index in [1.807, 2.05) is 19.2 Å². The zero-order valence-electron chi connectivity index (χ0n) is 14.6. The van der Waals surface area contributed by atoms with Gasteiger partial charge in [-0.05, 0) is 30.5 Å². The van der Waals surface area contributed by atoms with Gasteiger partial charge < -0.3 is 19.7 Å². The third-order valence-electron chi connectivity index (χ3n) is 4.19. The van der Waals surface area contributed by atoms with Crippen molar-refractivity contribution in [2.45, 2.75) is 12.8 Å². The number of benzene rings is 1. The van der Waals surface area contributed by atoms with Crippen LogP contribution in [0.3, 0.4) is 0 Å². The predicted molar refractivity (Wildman–Crippen MR) is 98.9 cm³/mol. The molecule has 0 aliphatic carbocycles. The van der Waals surface area contributed by atoms with Crippen LogP contribution in [-0.4, -0.2) is 64.5 Å². The van der Waals surface area contributed by atoms with Crippen LogP contribution < -0.4 is 5.32 Å². The van der Waals surface area contributed by atoms with E-state index in [0.29, 0.717) is 19.1 Å². The molecule has 0 saturated carbocycles. The molecule has 0 bridgehead atoms. The van der Waals surface area contributed by atoms with Gasteiger partial charge in [0.15, 0.2) is 5.96 Å². The normalized spacial score (nSPS) is 18.2. The van der Waals surface area contributed by atoms with Crippen molar-refractivity contribution in [2.24, 2.45) is 10.9 Å². The van der Waals surface area contributed by atoms with Crippen molar-refractivity contribution < 1.29 is 9.47 Å². The Bertz CT molecular complexity index is 507. The van der Waals surface area contributed by atoms with Gasteiger partial charge in [-0.2, -0.15) is 0 Å². The highest BCUT2D eigenvalue weighted by Gasteiger charge is 2.24. The van der Waals surface area contributed by atoms with Crippen LogP contribution in [0.5, 0.6) is 0 Å². The molecule has 5 nitrogen and oxygen atoms in total. The molecule has 1 atom stereocenters. The number of ether oxygens (including phenoxy) is 2. The molecule has 24 heavy (non-hydrogen) atoms. The van der Waals surface area contributed by atoms with Crippen molar-refractivity contribution in [3.8, 4) is 0 Å². The van der Waals surface area contributed by atoms with E-state index in [1.54, 1.807) is 7.11 Å². The van der Waals surface area contributed by atoms with Gasteiger partial charge in [0.2, 0.25) is 0 Å². The van der Waals surface area contributed by atoms with Gasteiger partial charge in [0.05, 0.1) is 19.8 Å². The van der Waals surface area contributed by atoms with Crippen LogP contribution in [0.2, 0.25) is 5.02 Å². The van der Waals surface area contributed by atoms with Gasteiger partial charge in [-0.1, -0.05) is 23.7 Å². The Balaban J connectivity index is 1.69. The Labute approximate surface area is 150 Å². The fourth-order valence-electron chi connectivity index (χ4n) is 2.86. The van der Waals surface area contributed by atoms with Crippen molar-refractivity contribution in [2.75, 3.05) is 53.6 Å². The van der Waals surface area contributed by atoms with Crippen LogP contribution in [0, 0.1) is 5.92 Å². The van der Waals surface area contributed by atoms with Gasteiger partial charge in [-0.3, -0.25) is 4.99 Å². The first kappa shape index (κ1) is 19.0. The Morgan fingerprint density at radius 2 is 2.12 bits per heavy atom. The van der Waals surface area contributed by atoms with E-state index >= 15 is 0 Å². The number of rotatable bonds is 8. The summed E-state index contributed by atoms with van der Waals surface area (Å²) >= 11 is 5.91. The standard InChI is InChI=1S/C18H28ClN3O2/c1-20-18(21-9-7-15-3-5-17(19)6-4-15)22-10-8-16(13-22)14-24-12-11-23-2/h3-6,16H,7-14H2,1-2H3,(H,20,21). The van der Waals surface area contributed by atoms with Gasteiger partial charge >= 0.3 is 0 Å². The smallest absolute Gasteiger partial charge is 0.193 e. The van der Waals surface area contributed by atoms with Crippen LogP contribution >= 0.6 is 11.6 Å². The molecule has 1 aliphatic rings. The number of nitrogens with one attached hydrogen (secondary N) is 1. The molecule has 1 heterocycles. The molecule has 0 aromatic heterocycles. The van der Waals surface area contributed by atoms with Crippen molar-refractivity contribution >= 4 is 17.6 Å². The topological polar surface area (TPSA) is 46.1 Å². The molecule has 0 radical (unpaired) electrons. The molecule has 0 amide bonds. The summed E-state index contributed by atoms with van der Waals surface area (Å²) < 4.78 is 10.6. The third-order valence-corrected chi connectivity index (χ3v) is 4.44. The molecule has 2 rings (SSSR count). The van der Waals surface area contributed by atoms with Gasteiger partial charge in [0, 0.05) is 44.7 Å². The summed E-state index contributed by atoms with van der Waals surface area (Å²) in [7, 11) is 3.54. The van der Waals surface area contributed by atoms with E-state index in [4.69, 9.17) is 21.1 Å². The highest BCUT2D eigenvalue weighted by Crippen LogP contribution is 2.16. The van der Waals surface area contributed by atoms with E-state index in [2.05, 4.69) is 27.3 Å². The zero-order valence-corrected chi connectivity index (χ0v) is 15.4. The highest BCUT2D eigenvalue weighted by atomic mass is 35.5. The molecule has 1 saturated heterocycles. The number of aliphatic imine (C=N–C) groups is 1. The van der Waals surface area contributed by atoms with E-state index in [9.17, 15) is 0 Å². The molecular weight excluding hydrogens is 326 g/mol. The van der Waals surface area contributed by atoms with Gasteiger partial charge in [-0.25, -0.2) is 0 Å². The summed E-state index contributed by atoms with van der Waals surface area (Å²) in [6.07, 6.45) is 2.10. The molecular formula is C18H28ClN3O2. The quantitative estimate of drug-likeness (QED) is 0.443. The van der Waals surface area contributed by atoms with E-state index in [1.165, 1.54) is 5.56 Å². The monoisotopic (exact) mass is 353 g/mol. The highest BCUT2D eigenvalue weighted by molar-refractivity contribution is 6.30. The Morgan fingerprint density at radius 3 is 2.83 bits per heavy atom. The lowest BCUT2D eigenvalue weighted by Gasteiger charge is -2.21. The Hall–Kier alpha value is -1.30. The average Bonchev–Trinajstić information content (AvgIpc) is 3.06.